The van der Waals surface area contributed by atoms with Crippen LogP contribution in [-0.2, 0) is 25.0 Å². The van der Waals surface area contributed by atoms with E-state index < -0.39 is 38.3 Å². The second-order valence-corrected chi connectivity index (χ2v) is 11.7. The average Bonchev–Trinajstić information content (AvgIpc) is 3.42. The Morgan fingerprint density at radius 2 is 1.77 bits per heavy atom. The fourth-order valence-corrected chi connectivity index (χ4v) is 5.65. The summed E-state index contributed by atoms with van der Waals surface area (Å²) in [7, 11) is -3.89. The molecule has 0 atom stereocenters. The third-order valence-corrected chi connectivity index (χ3v) is 7.77. The van der Waals surface area contributed by atoms with Crippen LogP contribution in [0.1, 0.15) is 52.0 Å². The first-order valence-electron chi connectivity index (χ1n) is 9.84. The summed E-state index contributed by atoms with van der Waals surface area (Å²) in [5.41, 5.74) is -0.970. The number of nitrogens with one attached hydrogen (secondary N) is 1. The number of likely N-dealkylation sites (tertiary alicyclic amines) is 1. The van der Waals surface area contributed by atoms with Crippen LogP contribution in [0.2, 0.25) is 10.0 Å². The largest absolute Gasteiger partial charge is 0.444 e. The van der Waals surface area contributed by atoms with Gasteiger partial charge in [0.2, 0.25) is 15.9 Å². The van der Waals surface area contributed by atoms with E-state index in [4.69, 9.17) is 27.9 Å². The van der Waals surface area contributed by atoms with E-state index in [2.05, 4.69) is 4.72 Å². The predicted molar refractivity (Wildman–Crippen MR) is 115 cm³/mol. The molecule has 1 aliphatic carbocycles. The van der Waals surface area contributed by atoms with Crippen molar-refractivity contribution in [3.8, 4) is 0 Å². The number of hydrogen-bond donors (Lipinski definition) is 1. The predicted octanol–water partition coefficient (Wildman–Crippen LogP) is 3.87. The van der Waals surface area contributed by atoms with Gasteiger partial charge in [0, 0.05) is 23.1 Å². The topological polar surface area (TPSA) is 92.8 Å². The van der Waals surface area contributed by atoms with Crippen LogP contribution >= 0.6 is 23.2 Å². The molecule has 1 aromatic carbocycles. The summed E-state index contributed by atoms with van der Waals surface area (Å²) < 4.78 is 33.2. The first-order chi connectivity index (χ1) is 13.8. The molecule has 0 bridgehead atoms. The normalized spacial score (nSPS) is 19.3. The maximum atomic E-state index is 12.9. The van der Waals surface area contributed by atoms with E-state index >= 15 is 0 Å². The number of ether oxygens (including phenoxy) is 1. The Bertz CT molecular complexity index is 946. The molecule has 3 rings (SSSR count). The van der Waals surface area contributed by atoms with E-state index in [-0.39, 0.29) is 25.9 Å². The van der Waals surface area contributed by atoms with Gasteiger partial charge in [0.15, 0.2) is 0 Å². The number of carbonyl (C=O) groups excluding carboxylic acids is 2. The molecule has 2 amide bonds. The number of hydrogen-bond acceptors (Lipinski definition) is 5. The smallest absolute Gasteiger partial charge is 0.410 e. The highest BCUT2D eigenvalue weighted by atomic mass is 35.5. The van der Waals surface area contributed by atoms with Crippen molar-refractivity contribution in [3.05, 3.63) is 33.8 Å². The summed E-state index contributed by atoms with van der Waals surface area (Å²) in [6.07, 6.45) is 1.05. The molecule has 2 aliphatic rings. The Hall–Kier alpha value is -1.51. The molecule has 1 aromatic rings. The Balaban J connectivity index is 1.63. The molecular weight excluding hydrogens is 451 g/mol. The summed E-state index contributed by atoms with van der Waals surface area (Å²) in [4.78, 5) is 26.5. The van der Waals surface area contributed by atoms with Gasteiger partial charge in [-0.2, -0.15) is 0 Å². The molecule has 7 nitrogen and oxygen atoms in total. The van der Waals surface area contributed by atoms with Crippen LogP contribution in [0.5, 0.6) is 0 Å². The van der Waals surface area contributed by atoms with Crippen molar-refractivity contribution >= 4 is 45.2 Å². The zero-order chi connectivity index (χ0) is 22.3. The van der Waals surface area contributed by atoms with Gasteiger partial charge in [0.05, 0.1) is 10.7 Å². The van der Waals surface area contributed by atoms with Crippen LogP contribution in [0.4, 0.5) is 4.79 Å². The Labute approximate surface area is 187 Å². The molecule has 1 saturated carbocycles. The number of halogens is 2. The van der Waals surface area contributed by atoms with Gasteiger partial charge in [-0.15, -0.1) is 0 Å². The lowest BCUT2D eigenvalue weighted by Gasteiger charge is -2.33. The summed E-state index contributed by atoms with van der Waals surface area (Å²) in [5.74, 6) is -0.568. The minimum absolute atomic E-state index is 0.233. The van der Waals surface area contributed by atoms with Crippen LogP contribution in [0.25, 0.3) is 0 Å². The summed E-state index contributed by atoms with van der Waals surface area (Å²) in [6, 6.07) is 4.85. The number of amides is 2. The second kappa shape index (κ2) is 8.20. The highest BCUT2D eigenvalue weighted by Gasteiger charge is 2.53. The monoisotopic (exact) mass is 476 g/mol. The first kappa shape index (κ1) is 23.2. The molecule has 0 radical (unpaired) electrons. The molecule has 1 N–H and O–H groups in total. The summed E-state index contributed by atoms with van der Waals surface area (Å²) >= 11 is 12.2. The van der Waals surface area contributed by atoms with Gasteiger partial charge < -0.3 is 9.64 Å². The van der Waals surface area contributed by atoms with Crippen molar-refractivity contribution in [2.75, 3.05) is 13.1 Å². The van der Waals surface area contributed by atoms with E-state index in [1.54, 1.807) is 39.0 Å². The van der Waals surface area contributed by atoms with Gasteiger partial charge in [-0.3, -0.25) is 9.52 Å². The van der Waals surface area contributed by atoms with E-state index in [1.165, 1.54) is 4.90 Å². The standard InChI is InChI=1S/C20H26Cl2N2O5S/c1-19(2,3)29-18(26)24-10-6-14(7-11-24)30(27,28)23-17(25)20(8-9-20)15-5-4-13(21)12-16(15)22/h4-5,12,14H,6-11H2,1-3H3,(H,23,25). The molecule has 1 heterocycles. The molecule has 166 valence electrons. The Morgan fingerprint density at radius 1 is 1.17 bits per heavy atom. The average molecular weight is 477 g/mol. The molecule has 30 heavy (non-hydrogen) atoms. The van der Waals surface area contributed by atoms with Crippen LogP contribution in [0, 0.1) is 0 Å². The van der Waals surface area contributed by atoms with Crippen LogP contribution in [0.3, 0.4) is 0 Å². The lowest BCUT2D eigenvalue weighted by Crippen LogP contribution is -2.49. The number of sulfonamides is 1. The molecule has 0 aromatic heterocycles. The molecule has 1 saturated heterocycles. The number of rotatable bonds is 4. The maximum absolute atomic E-state index is 12.9. The quantitative estimate of drug-likeness (QED) is 0.711. The Kier molecular flexibility index (Phi) is 6.33. The molecule has 10 heteroatoms. The first-order valence-corrected chi connectivity index (χ1v) is 12.1. The van der Waals surface area contributed by atoms with Gasteiger partial charge >= 0.3 is 6.09 Å². The van der Waals surface area contributed by atoms with E-state index in [0.717, 1.165) is 0 Å². The van der Waals surface area contributed by atoms with Gasteiger partial charge in [0.25, 0.3) is 0 Å². The Morgan fingerprint density at radius 3 is 2.27 bits per heavy atom. The second-order valence-electron chi connectivity index (χ2n) is 8.85. The molecule has 1 aliphatic heterocycles. The van der Waals surface area contributed by atoms with Gasteiger partial charge in [-0.1, -0.05) is 29.3 Å². The third kappa shape index (κ3) is 5.03. The van der Waals surface area contributed by atoms with Gasteiger partial charge in [0.1, 0.15) is 5.60 Å². The van der Waals surface area contributed by atoms with Crippen molar-refractivity contribution in [1.29, 1.82) is 0 Å². The van der Waals surface area contributed by atoms with Crippen molar-refractivity contribution in [1.82, 2.24) is 9.62 Å². The SMILES string of the molecule is CC(C)(C)OC(=O)N1CCC(S(=O)(=O)NC(=O)C2(c3ccc(Cl)cc3Cl)CC2)CC1. The van der Waals surface area contributed by atoms with Crippen LogP contribution in [0.15, 0.2) is 18.2 Å². The lowest BCUT2D eigenvalue weighted by molar-refractivity contribution is -0.121. The molecule has 0 unspecified atom stereocenters. The molecular formula is C20H26Cl2N2O5S. The van der Waals surface area contributed by atoms with Crippen molar-refractivity contribution < 1.29 is 22.7 Å². The highest BCUT2D eigenvalue weighted by Crippen LogP contribution is 2.51. The van der Waals surface area contributed by atoms with Crippen molar-refractivity contribution in [2.24, 2.45) is 0 Å². The molecule has 2 fully saturated rings. The van der Waals surface area contributed by atoms with E-state index in [9.17, 15) is 18.0 Å². The van der Waals surface area contributed by atoms with Crippen LogP contribution < -0.4 is 4.72 Å². The maximum Gasteiger partial charge on any atom is 0.410 e. The van der Waals surface area contributed by atoms with Crippen LogP contribution in [-0.4, -0.2) is 49.3 Å². The van der Waals surface area contributed by atoms with Crippen molar-refractivity contribution in [3.63, 3.8) is 0 Å². The fraction of sp³-hybridized carbons (Fsp3) is 0.600. The van der Waals surface area contributed by atoms with Gasteiger partial charge in [-0.25, -0.2) is 13.2 Å². The highest BCUT2D eigenvalue weighted by molar-refractivity contribution is 7.90. The molecule has 0 spiro atoms. The summed E-state index contributed by atoms with van der Waals surface area (Å²) in [5, 5.41) is 0.0409. The summed E-state index contributed by atoms with van der Waals surface area (Å²) in [6.45, 7) is 5.83. The minimum Gasteiger partial charge on any atom is -0.444 e. The van der Waals surface area contributed by atoms with Crippen molar-refractivity contribution in [2.45, 2.75) is 62.7 Å². The number of carbonyl (C=O) groups is 2. The number of benzene rings is 1. The lowest BCUT2D eigenvalue weighted by atomic mass is 9.95. The third-order valence-electron chi connectivity index (χ3n) is 5.40. The fourth-order valence-electron chi connectivity index (χ4n) is 3.61. The van der Waals surface area contributed by atoms with E-state index in [0.29, 0.717) is 28.5 Å². The van der Waals surface area contributed by atoms with E-state index in [1.807, 2.05) is 0 Å². The number of nitrogens with zero attached hydrogens (tertiary/aromatic N) is 1. The zero-order valence-electron chi connectivity index (χ0n) is 17.2. The van der Waals surface area contributed by atoms with Gasteiger partial charge in [-0.05, 0) is 64.2 Å². The minimum atomic E-state index is -3.89. The zero-order valence-corrected chi connectivity index (χ0v) is 19.5. The number of piperidine rings is 1.